The van der Waals surface area contributed by atoms with E-state index in [1.54, 1.807) is 0 Å². The summed E-state index contributed by atoms with van der Waals surface area (Å²) < 4.78 is 0. The van der Waals surface area contributed by atoms with E-state index in [4.69, 9.17) is 0 Å². The third-order valence-corrected chi connectivity index (χ3v) is 26.5. The van der Waals surface area contributed by atoms with Crippen LogP contribution in [0.5, 0.6) is 0 Å². The lowest BCUT2D eigenvalue weighted by atomic mass is 9.32. The molecule has 10 rings (SSSR count). The summed E-state index contributed by atoms with van der Waals surface area (Å²) in [6, 6.07) is 0. The van der Waals surface area contributed by atoms with Crippen LogP contribution in [-0.2, 0) is 9.59 Å². The van der Waals surface area contributed by atoms with Crippen LogP contribution >= 0.6 is 0 Å². The zero-order chi connectivity index (χ0) is 53.3. The number of carbonyl (C=O) groups is 2. The first kappa shape index (κ1) is 54.9. The van der Waals surface area contributed by atoms with Crippen molar-refractivity contribution in [1.82, 2.24) is 0 Å². The van der Waals surface area contributed by atoms with Gasteiger partial charge >= 0.3 is 11.9 Å². The van der Waals surface area contributed by atoms with Crippen LogP contribution in [0.3, 0.4) is 0 Å². The number of fused-ring (bicyclic) bond motifs is 14. The molecule has 72 heavy (non-hydrogen) atoms. The van der Waals surface area contributed by atoms with Gasteiger partial charge in [0.2, 0.25) is 0 Å². The van der Waals surface area contributed by atoms with Crippen LogP contribution in [0.25, 0.3) is 0 Å². The molecule has 0 amide bonds. The Morgan fingerprint density at radius 3 is 1.39 bits per heavy atom. The molecule has 0 radical (unpaired) electrons. The highest BCUT2D eigenvalue weighted by Crippen LogP contribution is 2.78. The fraction of sp³-hybridized carbons (Fsp3) is 0.900. The van der Waals surface area contributed by atoms with E-state index >= 15 is 0 Å². The number of aliphatic hydroxyl groups is 8. The molecule has 10 N–H and O–H groups in total. The number of rotatable bonds is 4. The van der Waals surface area contributed by atoms with Crippen molar-refractivity contribution in [2.24, 2.45) is 107 Å². The van der Waals surface area contributed by atoms with Gasteiger partial charge in [-0.3, -0.25) is 9.59 Å². The quantitative estimate of drug-likeness (QED) is 0.120. The lowest BCUT2D eigenvalue weighted by molar-refractivity contribution is -0.273. The smallest absolute Gasteiger partial charge is 0.310 e. The maximum Gasteiger partial charge on any atom is 0.310 e. The van der Waals surface area contributed by atoms with Crippen molar-refractivity contribution in [3.8, 4) is 0 Å². The molecule has 0 saturated heterocycles. The Morgan fingerprint density at radius 1 is 0.528 bits per heavy atom. The van der Waals surface area contributed by atoms with Crippen molar-refractivity contribution in [1.29, 1.82) is 0 Å². The van der Waals surface area contributed by atoms with Gasteiger partial charge in [0.05, 0.1) is 60.7 Å². The Kier molecular flexibility index (Phi) is 13.0. The predicted octanol–water partition coefficient (Wildman–Crippen LogP) is 8.15. The summed E-state index contributed by atoms with van der Waals surface area (Å²) in [5, 5.41) is 109. The molecule has 24 atom stereocenters. The molecule has 0 heterocycles. The Hall–Kier alpha value is -1.90. The zero-order valence-corrected chi connectivity index (χ0v) is 46.0. The van der Waals surface area contributed by atoms with Gasteiger partial charge in [-0.15, -0.1) is 0 Å². The number of carboxylic acids is 2. The van der Waals surface area contributed by atoms with Crippen LogP contribution in [0.2, 0.25) is 0 Å². The average molecular weight is 1010 g/mol. The summed E-state index contributed by atoms with van der Waals surface area (Å²) >= 11 is 0. The molecule has 8 saturated carbocycles. The number of hydrogen-bond donors (Lipinski definition) is 10. The fourth-order valence-electron chi connectivity index (χ4n) is 22.1. The summed E-state index contributed by atoms with van der Waals surface area (Å²) in [5.41, 5.74) is -2.73. The SMILES string of the molecule is CC1(C)CC[C@]2(C(=O)O)CC[C@]3(C)C(=CCC4[C@@]5(C)C[C@@H](O)[C@H](O)[C@@](C)(CO)C5[C@H](O)C[C@]43C)[C@@H]2C1.C[C@H]1[C@H](C)CC[C@]2(C(=O)O)CC[C@]3(C)C(=CCC4[C@@]5(C)C[C@@H](O)[C@H](O)[C@@](C)(CO)C5[C@H](O)C[C@]43C)[C@H]12. The monoisotopic (exact) mass is 1010 g/mol. The standard InChI is InChI=1S/2C30H48O6/c1-25(2)9-11-30(24(35)36)12-10-28(5)17(18(30)13-25)7-8-21-26(3)14-20(33)23(34)27(4,16-31)22(26)19(32)15-29(21,28)6;1-16-9-10-30(25(35)36)12-11-28(5)18(22(30)17(16)2)7-8-21-26(3)13-20(33)24(34)27(4,15-31)23(26)19(32)14-29(21,28)6/h7,18-23,31-34H,8-16H2,1-6H3,(H,35,36);7,16-17,19-24,31-34H,8-15H2,1-6H3,(H,35,36)/t18-,19+,20+,21?,22?,23-,26+,27-,28+,29+,30-;16-,17+,19-,20-,21?,22+,23?,24+,26-,27+,28-,29-,30+/m01/s1. The molecule has 0 aliphatic heterocycles. The van der Waals surface area contributed by atoms with Gasteiger partial charge < -0.3 is 51.1 Å². The highest BCUT2D eigenvalue weighted by Gasteiger charge is 2.75. The molecule has 0 aromatic carbocycles. The van der Waals surface area contributed by atoms with E-state index in [1.807, 2.05) is 13.8 Å². The third kappa shape index (κ3) is 6.82. The van der Waals surface area contributed by atoms with Gasteiger partial charge in [0.25, 0.3) is 0 Å². The molecule has 0 aromatic rings. The molecule has 4 unspecified atom stereocenters. The first-order valence-electron chi connectivity index (χ1n) is 28.3. The van der Waals surface area contributed by atoms with Crippen LogP contribution in [-0.4, -0.2) is 113 Å². The number of allylic oxidation sites excluding steroid dienone is 4. The minimum Gasteiger partial charge on any atom is -0.481 e. The van der Waals surface area contributed by atoms with Crippen LogP contribution in [0.15, 0.2) is 23.3 Å². The maximum absolute atomic E-state index is 12.8. The molecule has 12 heteroatoms. The van der Waals surface area contributed by atoms with Crippen molar-refractivity contribution in [3.05, 3.63) is 23.3 Å². The van der Waals surface area contributed by atoms with Crippen LogP contribution in [0.4, 0.5) is 0 Å². The molecule has 408 valence electrons. The molecule has 0 spiro atoms. The highest BCUT2D eigenvalue weighted by molar-refractivity contribution is 5.77. The second kappa shape index (κ2) is 17.0. The van der Waals surface area contributed by atoms with Gasteiger partial charge in [-0.25, -0.2) is 0 Å². The number of aliphatic carboxylic acids is 2. The Bertz CT molecular complexity index is 2240. The third-order valence-electron chi connectivity index (χ3n) is 26.5. The second-order valence-corrected chi connectivity index (χ2v) is 29.9. The van der Waals surface area contributed by atoms with Crippen LogP contribution in [0, 0.1) is 107 Å². The predicted molar refractivity (Wildman–Crippen MR) is 274 cm³/mol. The van der Waals surface area contributed by atoms with Gasteiger partial charge in [-0.05, 0) is 170 Å². The van der Waals surface area contributed by atoms with E-state index in [0.717, 1.165) is 57.8 Å². The van der Waals surface area contributed by atoms with Gasteiger partial charge in [-0.2, -0.15) is 0 Å². The lowest BCUT2D eigenvalue weighted by Gasteiger charge is -2.72. The minimum absolute atomic E-state index is 0.000534. The summed E-state index contributed by atoms with van der Waals surface area (Å²) in [4.78, 5) is 25.6. The number of carboxylic acid groups (broad SMARTS) is 2. The molecule has 12 nitrogen and oxygen atoms in total. The van der Waals surface area contributed by atoms with Crippen molar-refractivity contribution < 1.29 is 60.7 Å². The molecule has 0 bridgehead atoms. The first-order chi connectivity index (χ1) is 33.2. The topological polar surface area (TPSA) is 236 Å². The van der Waals surface area contributed by atoms with Crippen molar-refractivity contribution in [3.63, 3.8) is 0 Å². The van der Waals surface area contributed by atoms with Crippen LogP contribution < -0.4 is 0 Å². The van der Waals surface area contributed by atoms with E-state index in [-0.39, 0.29) is 81.7 Å². The Morgan fingerprint density at radius 2 is 0.944 bits per heavy atom. The maximum atomic E-state index is 12.8. The summed E-state index contributed by atoms with van der Waals surface area (Å²) in [6.45, 7) is 25.6. The largest absolute Gasteiger partial charge is 0.481 e. The molecular formula is C60H96O12. The van der Waals surface area contributed by atoms with Gasteiger partial charge in [0.15, 0.2) is 0 Å². The molecule has 10 aliphatic rings. The average Bonchev–Trinajstić information content (AvgIpc) is 3.28. The van der Waals surface area contributed by atoms with Gasteiger partial charge in [0, 0.05) is 22.7 Å². The highest BCUT2D eigenvalue weighted by atomic mass is 16.4. The Balaban J connectivity index is 0.000000178. The van der Waals surface area contributed by atoms with Crippen molar-refractivity contribution >= 4 is 11.9 Å². The first-order valence-corrected chi connectivity index (χ1v) is 28.3. The number of aliphatic hydroxyl groups excluding tert-OH is 8. The lowest BCUT2D eigenvalue weighted by Crippen LogP contribution is -2.71. The van der Waals surface area contributed by atoms with Gasteiger partial charge in [-0.1, -0.05) is 106 Å². The summed E-state index contributed by atoms with van der Waals surface area (Å²) in [7, 11) is 0. The number of hydrogen-bond acceptors (Lipinski definition) is 10. The summed E-state index contributed by atoms with van der Waals surface area (Å²) in [5.74, 6) is -0.933. The van der Waals surface area contributed by atoms with E-state index < -0.39 is 81.1 Å². The fourth-order valence-corrected chi connectivity index (χ4v) is 22.1. The zero-order valence-electron chi connectivity index (χ0n) is 46.0. The molecule has 0 aromatic heterocycles. The van der Waals surface area contributed by atoms with Crippen LogP contribution in [0.1, 0.15) is 179 Å². The van der Waals surface area contributed by atoms with E-state index in [2.05, 4.69) is 81.4 Å². The summed E-state index contributed by atoms with van der Waals surface area (Å²) in [6.07, 6.45) is 9.71. The van der Waals surface area contributed by atoms with E-state index in [0.29, 0.717) is 44.4 Å². The molecule has 8 fully saturated rings. The van der Waals surface area contributed by atoms with E-state index in [9.17, 15) is 60.7 Å². The molecular weight excluding hydrogens is 913 g/mol. The van der Waals surface area contributed by atoms with Crippen molar-refractivity contribution in [2.75, 3.05) is 13.2 Å². The second-order valence-electron chi connectivity index (χ2n) is 29.9. The normalized spacial score (nSPS) is 57.2. The van der Waals surface area contributed by atoms with E-state index in [1.165, 1.54) is 11.1 Å². The van der Waals surface area contributed by atoms with Crippen molar-refractivity contribution in [2.45, 2.75) is 216 Å². The minimum atomic E-state index is -1.08. The van der Waals surface area contributed by atoms with Gasteiger partial charge in [0.1, 0.15) is 0 Å². The Labute approximate surface area is 430 Å². The molecule has 10 aliphatic carbocycles.